The first-order valence-electron chi connectivity index (χ1n) is 5.01. The Kier molecular flexibility index (Phi) is 4.34. The molecule has 2 amide bonds. The van der Waals surface area contributed by atoms with Gasteiger partial charge >= 0.3 is 0 Å². The number of amides is 2. The van der Waals surface area contributed by atoms with Crippen molar-refractivity contribution in [2.45, 2.75) is 18.9 Å². The Bertz CT molecular complexity index is 436. The van der Waals surface area contributed by atoms with Crippen LogP contribution in [0.3, 0.4) is 0 Å². The molecule has 3 N–H and O–H groups in total. The highest BCUT2D eigenvalue weighted by atomic mass is 35.5. The third kappa shape index (κ3) is 3.35. The van der Waals surface area contributed by atoms with Crippen molar-refractivity contribution in [3.05, 3.63) is 24.3 Å². The van der Waals surface area contributed by atoms with Crippen LogP contribution < -0.4 is 15.8 Å². The number of nitrogens with one attached hydrogen (secondary N) is 1. The quantitative estimate of drug-likeness (QED) is 0.608. The summed E-state index contributed by atoms with van der Waals surface area (Å²) in [7, 11) is 0. The van der Waals surface area contributed by atoms with Crippen molar-refractivity contribution < 1.29 is 14.3 Å². The lowest BCUT2D eigenvalue weighted by Crippen LogP contribution is -2.46. The molecule has 1 aromatic rings. The van der Waals surface area contributed by atoms with Crippen LogP contribution in [-0.2, 0) is 9.59 Å². The van der Waals surface area contributed by atoms with E-state index < -0.39 is 12.0 Å². The van der Waals surface area contributed by atoms with Crippen molar-refractivity contribution in [1.82, 2.24) is 5.32 Å². The number of rotatable bonds is 2. The van der Waals surface area contributed by atoms with Gasteiger partial charge < -0.3 is 10.5 Å². The minimum Gasteiger partial charge on any atom is -0.481 e. The number of hydrogen-bond acceptors (Lipinski definition) is 4. The number of carbonyl (C=O) groups is 2. The fraction of sp³-hybridized carbons (Fsp3) is 0.273. The average Bonchev–Trinajstić information content (AvgIpc) is 2.22. The number of hydrogen-bond donors (Lipinski definition) is 2. The van der Waals surface area contributed by atoms with Gasteiger partial charge in [-0.1, -0.05) is 6.07 Å². The molecule has 1 fully saturated rings. The van der Waals surface area contributed by atoms with Crippen LogP contribution in [0.2, 0.25) is 0 Å². The van der Waals surface area contributed by atoms with E-state index in [1.807, 2.05) is 0 Å². The Balaban J connectivity index is 0.00000144. The fourth-order valence-electron chi connectivity index (χ4n) is 1.54. The van der Waals surface area contributed by atoms with E-state index >= 15 is 0 Å². The third-order valence-corrected chi connectivity index (χ3v) is 2.33. The van der Waals surface area contributed by atoms with E-state index in [1.165, 1.54) is 0 Å². The van der Waals surface area contributed by atoms with Gasteiger partial charge in [0, 0.05) is 24.6 Å². The number of piperidine rings is 1. The second-order valence-electron chi connectivity index (χ2n) is 3.63. The maximum Gasteiger partial charge on any atom is 0.267 e. The summed E-state index contributed by atoms with van der Waals surface area (Å²) < 4.78 is 5.45. The molecule has 0 radical (unpaired) electrons. The highest BCUT2D eigenvalue weighted by Gasteiger charge is 2.28. The van der Waals surface area contributed by atoms with Crippen molar-refractivity contribution in [1.29, 1.82) is 0 Å². The zero-order valence-corrected chi connectivity index (χ0v) is 9.83. The van der Waals surface area contributed by atoms with Crippen LogP contribution in [0.5, 0.6) is 5.75 Å². The van der Waals surface area contributed by atoms with E-state index in [1.54, 1.807) is 24.3 Å². The first kappa shape index (κ1) is 13.3. The number of imide groups is 1. The summed E-state index contributed by atoms with van der Waals surface area (Å²) in [5.41, 5.74) is 6.16. The summed E-state index contributed by atoms with van der Waals surface area (Å²) in [5, 5.41) is 2.23. The van der Waals surface area contributed by atoms with E-state index in [-0.39, 0.29) is 18.3 Å². The van der Waals surface area contributed by atoms with Crippen LogP contribution in [0.15, 0.2) is 24.3 Å². The van der Waals surface area contributed by atoms with Gasteiger partial charge in [-0.25, -0.2) is 0 Å². The van der Waals surface area contributed by atoms with E-state index in [2.05, 4.69) is 5.32 Å². The van der Waals surface area contributed by atoms with Crippen LogP contribution >= 0.6 is 12.4 Å². The predicted molar refractivity (Wildman–Crippen MR) is 64.9 cm³/mol. The van der Waals surface area contributed by atoms with Gasteiger partial charge in [-0.2, -0.15) is 0 Å². The molecule has 0 saturated carbocycles. The number of carbonyl (C=O) groups excluding carboxylic acids is 2. The van der Waals surface area contributed by atoms with Gasteiger partial charge in [-0.15, -0.1) is 12.4 Å². The first-order chi connectivity index (χ1) is 7.65. The van der Waals surface area contributed by atoms with Gasteiger partial charge in [-0.05, 0) is 12.1 Å². The smallest absolute Gasteiger partial charge is 0.267 e. The molecule has 1 saturated heterocycles. The Hall–Kier alpha value is -1.75. The van der Waals surface area contributed by atoms with Crippen molar-refractivity contribution in [2.24, 2.45) is 0 Å². The molecule has 17 heavy (non-hydrogen) atoms. The van der Waals surface area contributed by atoms with Crippen molar-refractivity contribution in [3.63, 3.8) is 0 Å². The minimum atomic E-state index is -0.612. The molecule has 6 heteroatoms. The zero-order valence-electron chi connectivity index (χ0n) is 9.01. The van der Waals surface area contributed by atoms with Gasteiger partial charge in [0.15, 0.2) is 6.10 Å². The van der Waals surface area contributed by atoms with E-state index in [0.717, 1.165) is 0 Å². The lowest BCUT2D eigenvalue weighted by molar-refractivity contribution is -0.138. The van der Waals surface area contributed by atoms with Crippen LogP contribution in [0, 0.1) is 0 Å². The van der Waals surface area contributed by atoms with Gasteiger partial charge in [0.05, 0.1) is 0 Å². The highest BCUT2D eigenvalue weighted by Crippen LogP contribution is 2.18. The average molecular weight is 257 g/mol. The van der Waals surface area contributed by atoms with Crippen LogP contribution in [0.25, 0.3) is 0 Å². The molecule has 1 aromatic carbocycles. The molecule has 1 aliphatic heterocycles. The Morgan fingerprint density at radius 3 is 2.76 bits per heavy atom. The molecule has 0 aliphatic carbocycles. The van der Waals surface area contributed by atoms with Gasteiger partial charge in [0.2, 0.25) is 5.91 Å². The molecular weight excluding hydrogens is 244 g/mol. The Morgan fingerprint density at radius 1 is 1.35 bits per heavy atom. The van der Waals surface area contributed by atoms with Gasteiger partial charge in [-0.3, -0.25) is 14.9 Å². The molecule has 0 bridgehead atoms. The third-order valence-electron chi connectivity index (χ3n) is 2.33. The second-order valence-corrected chi connectivity index (χ2v) is 3.63. The number of anilines is 1. The molecule has 1 heterocycles. The fourth-order valence-corrected chi connectivity index (χ4v) is 1.54. The number of ether oxygens (including phenoxy) is 1. The molecular formula is C11H13ClN2O3. The SMILES string of the molecule is Cl.Nc1cccc(OC2CCC(=O)NC2=O)c1. The summed E-state index contributed by atoms with van der Waals surface area (Å²) in [6.45, 7) is 0. The molecule has 92 valence electrons. The van der Waals surface area contributed by atoms with E-state index in [9.17, 15) is 9.59 Å². The summed E-state index contributed by atoms with van der Waals surface area (Å²) in [4.78, 5) is 22.3. The molecule has 1 atom stereocenters. The topological polar surface area (TPSA) is 81.4 Å². The molecule has 1 aliphatic rings. The Morgan fingerprint density at radius 2 is 2.12 bits per heavy atom. The summed E-state index contributed by atoms with van der Waals surface area (Å²) >= 11 is 0. The maximum absolute atomic E-state index is 11.4. The number of halogens is 1. The normalized spacial score (nSPS) is 19.2. The first-order valence-corrected chi connectivity index (χ1v) is 5.01. The van der Waals surface area contributed by atoms with Gasteiger partial charge in [0.1, 0.15) is 5.75 Å². The maximum atomic E-state index is 11.4. The minimum absolute atomic E-state index is 0. The van der Waals surface area contributed by atoms with Crippen molar-refractivity contribution in [3.8, 4) is 5.75 Å². The second kappa shape index (κ2) is 5.54. The van der Waals surface area contributed by atoms with E-state index in [4.69, 9.17) is 10.5 Å². The summed E-state index contributed by atoms with van der Waals surface area (Å²) in [6, 6.07) is 6.84. The molecule has 1 unspecified atom stereocenters. The molecule has 0 spiro atoms. The van der Waals surface area contributed by atoms with Crippen LogP contribution in [0.1, 0.15) is 12.8 Å². The predicted octanol–water partition coefficient (Wildman–Crippen LogP) is 0.875. The number of benzene rings is 1. The van der Waals surface area contributed by atoms with Crippen molar-refractivity contribution >= 4 is 29.9 Å². The van der Waals surface area contributed by atoms with Crippen LogP contribution in [-0.4, -0.2) is 17.9 Å². The van der Waals surface area contributed by atoms with Gasteiger partial charge in [0.25, 0.3) is 5.91 Å². The highest BCUT2D eigenvalue weighted by molar-refractivity contribution is 5.99. The molecule has 2 rings (SSSR count). The number of nitrogens with two attached hydrogens (primary N) is 1. The lowest BCUT2D eigenvalue weighted by Gasteiger charge is -2.21. The van der Waals surface area contributed by atoms with Crippen LogP contribution in [0.4, 0.5) is 5.69 Å². The zero-order chi connectivity index (χ0) is 11.5. The Labute approximate surface area is 105 Å². The molecule has 0 aromatic heterocycles. The molecule has 5 nitrogen and oxygen atoms in total. The summed E-state index contributed by atoms with van der Waals surface area (Å²) in [5.74, 6) is -0.106. The largest absolute Gasteiger partial charge is 0.481 e. The number of nitrogen functional groups attached to an aromatic ring is 1. The van der Waals surface area contributed by atoms with Crippen molar-refractivity contribution in [2.75, 3.05) is 5.73 Å². The van der Waals surface area contributed by atoms with E-state index in [0.29, 0.717) is 24.3 Å². The lowest BCUT2D eigenvalue weighted by atomic mass is 10.1. The monoisotopic (exact) mass is 256 g/mol. The standard InChI is InChI=1S/C11H12N2O3.ClH/c12-7-2-1-3-8(6-7)16-9-4-5-10(14)13-11(9)15;/h1-3,6,9H,4-5,12H2,(H,13,14,15);1H. The summed E-state index contributed by atoms with van der Waals surface area (Å²) in [6.07, 6.45) is 0.0950.